The van der Waals surface area contributed by atoms with Crippen LogP contribution in [0.4, 0.5) is 11.4 Å². The van der Waals surface area contributed by atoms with Crippen LogP contribution in [0.2, 0.25) is 5.02 Å². The molecule has 1 amide bonds. The van der Waals surface area contributed by atoms with Crippen LogP contribution in [0.15, 0.2) is 30.0 Å². The van der Waals surface area contributed by atoms with Gasteiger partial charge in [-0.1, -0.05) is 11.6 Å². The summed E-state index contributed by atoms with van der Waals surface area (Å²) in [5.41, 5.74) is 6.28. The van der Waals surface area contributed by atoms with E-state index in [-0.39, 0.29) is 5.57 Å². The number of nitrogens with one attached hydrogen (secondary N) is 2. The Balaban J connectivity index is 2.83. The lowest BCUT2D eigenvalue weighted by Gasteiger charge is -2.20. The van der Waals surface area contributed by atoms with Crippen molar-refractivity contribution in [3.63, 3.8) is 0 Å². The third-order valence-corrected chi connectivity index (χ3v) is 2.56. The van der Waals surface area contributed by atoms with Crippen LogP contribution in [-0.4, -0.2) is 11.4 Å². The number of hydrogen-bond acceptors (Lipinski definition) is 4. The first-order valence-electron chi connectivity index (χ1n) is 5.97. The highest BCUT2D eigenvalue weighted by atomic mass is 35.5. The minimum absolute atomic E-state index is 0.0205. The summed E-state index contributed by atoms with van der Waals surface area (Å²) in [7, 11) is 0. The highest BCUT2D eigenvalue weighted by molar-refractivity contribution is 6.33. The average molecular weight is 293 g/mol. The van der Waals surface area contributed by atoms with Gasteiger partial charge in [0.05, 0.1) is 10.7 Å². The Hall–Kier alpha value is -2.19. The molecule has 0 heterocycles. The Kier molecular flexibility index (Phi) is 5.00. The van der Waals surface area contributed by atoms with Gasteiger partial charge in [-0.05, 0) is 39.0 Å². The topological polar surface area (TPSA) is 90.9 Å². The van der Waals surface area contributed by atoms with Crippen molar-refractivity contribution in [3.8, 4) is 6.07 Å². The van der Waals surface area contributed by atoms with E-state index in [1.807, 2.05) is 26.8 Å². The molecule has 0 saturated heterocycles. The minimum Gasteiger partial charge on any atom is -0.398 e. The number of halogens is 1. The maximum atomic E-state index is 11.8. The lowest BCUT2D eigenvalue weighted by atomic mass is 10.1. The van der Waals surface area contributed by atoms with Gasteiger partial charge in [0.1, 0.15) is 11.6 Å². The van der Waals surface area contributed by atoms with Gasteiger partial charge in [0.15, 0.2) is 0 Å². The van der Waals surface area contributed by atoms with Gasteiger partial charge in [0.25, 0.3) is 5.91 Å². The summed E-state index contributed by atoms with van der Waals surface area (Å²) in [6.45, 7) is 5.52. The van der Waals surface area contributed by atoms with Crippen LogP contribution in [0.1, 0.15) is 20.8 Å². The quantitative estimate of drug-likeness (QED) is 0.454. The number of carbonyl (C=O) groups excluding carboxylic acids is 1. The lowest BCUT2D eigenvalue weighted by molar-refractivity contribution is -0.118. The zero-order valence-corrected chi connectivity index (χ0v) is 12.4. The molecule has 20 heavy (non-hydrogen) atoms. The van der Waals surface area contributed by atoms with Crippen LogP contribution in [0, 0.1) is 11.3 Å². The zero-order valence-electron chi connectivity index (χ0n) is 11.6. The van der Waals surface area contributed by atoms with E-state index >= 15 is 0 Å². The van der Waals surface area contributed by atoms with Crippen LogP contribution in [0.25, 0.3) is 0 Å². The van der Waals surface area contributed by atoms with Gasteiger partial charge in [0.2, 0.25) is 0 Å². The molecule has 5 nitrogen and oxygen atoms in total. The summed E-state index contributed by atoms with van der Waals surface area (Å²) in [6, 6.07) is 6.81. The molecule has 1 aromatic carbocycles. The number of nitriles is 1. The fourth-order valence-corrected chi connectivity index (χ4v) is 1.51. The number of amides is 1. The summed E-state index contributed by atoms with van der Waals surface area (Å²) < 4.78 is 0. The lowest BCUT2D eigenvalue weighted by Crippen LogP contribution is -2.41. The van der Waals surface area contributed by atoms with Gasteiger partial charge in [-0.3, -0.25) is 4.79 Å². The first-order chi connectivity index (χ1) is 9.23. The summed E-state index contributed by atoms with van der Waals surface area (Å²) in [4.78, 5) is 11.8. The molecule has 0 aromatic heterocycles. The molecule has 1 aromatic rings. The van der Waals surface area contributed by atoms with Crippen molar-refractivity contribution in [2.24, 2.45) is 0 Å². The predicted octanol–water partition coefficient (Wildman–Crippen LogP) is 2.66. The van der Waals surface area contributed by atoms with Gasteiger partial charge in [0, 0.05) is 17.4 Å². The number of nitrogens with zero attached hydrogens (tertiary/aromatic N) is 1. The van der Waals surface area contributed by atoms with Crippen molar-refractivity contribution >= 4 is 28.9 Å². The summed E-state index contributed by atoms with van der Waals surface area (Å²) in [6.07, 6.45) is 1.34. The Bertz CT molecular complexity index is 582. The second-order valence-electron chi connectivity index (χ2n) is 5.25. The highest BCUT2D eigenvalue weighted by Crippen LogP contribution is 2.22. The van der Waals surface area contributed by atoms with E-state index in [2.05, 4.69) is 10.6 Å². The van der Waals surface area contributed by atoms with Crippen molar-refractivity contribution in [3.05, 3.63) is 35.0 Å². The predicted molar refractivity (Wildman–Crippen MR) is 81.1 cm³/mol. The normalized spacial score (nSPS) is 11.7. The van der Waals surface area contributed by atoms with Gasteiger partial charge in [-0.2, -0.15) is 5.26 Å². The van der Waals surface area contributed by atoms with Crippen molar-refractivity contribution in [1.82, 2.24) is 5.32 Å². The summed E-state index contributed by atoms with van der Waals surface area (Å²) in [5, 5.41) is 15.0. The summed E-state index contributed by atoms with van der Waals surface area (Å²) in [5.74, 6) is -0.436. The molecule has 0 unspecified atom stereocenters. The third-order valence-electron chi connectivity index (χ3n) is 2.24. The minimum atomic E-state index is -0.436. The SMILES string of the molecule is CC(C)(C)NC(=O)/C(C#N)=C\Nc1ccc(N)c(Cl)c1. The second-order valence-corrected chi connectivity index (χ2v) is 5.66. The molecule has 0 atom stereocenters. The Morgan fingerprint density at radius 2 is 2.10 bits per heavy atom. The monoisotopic (exact) mass is 292 g/mol. The van der Waals surface area contributed by atoms with Gasteiger partial charge in [-0.15, -0.1) is 0 Å². The number of anilines is 2. The van der Waals surface area contributed by atoms with Gasteiger partial charge >= 0.3 is 0 Å². The molecule has 6 heteroatoms. The van der Waals surface area contributed by atoms with Crippen LogP contribution in [0.5, 0.6) is 0 Å². The first kappa shape index (κ1) is 15.9. The molecule has 1 rings (SSSR count). The van der Waals surface area contributed by atoms with Crippen molar-refractivity contribution in [2.75, 3.05) is 11.1 Å². The molecular formula is C14H17ClN4O. The molecule has 4 N–H and O–H groups in total. The van der Waals surface area contributed by atoms with Crippen molar-refractivity contribution in [1.29, 1.82) is 5.26 Å². The Labute approximate surface area is 123 Å². The molecule has 0 saturated carbocycles. The number of rotatable bonds is 3. The number of nitrogens with two attached hydrogens (primary N) is 1. The zero-order chi connectivity index (χ0) is 15.3. The molecule has 0 spiro atoms. The summed E-state index contributed by atoms with van der Waals surface area (Å²) >= 11 is 5.88. The van der Waals surface area contributed by atoms with E-state index in [1.165, 1.54) is 6.20 Å². The fourth-order valence-electron chi connectivity index (χ4n) is 1.33. The molecule has 0 aliphatic carbocycles. The first-order valence-corrected chi connectivity index (χ1v) is 6.35. The third kappa shape index (κ3) is 4.82. The molecule has 0 aliphatic heterocycles. The van der Waals surface area contributed by atoms with Crippen molar-refractivity contribution in [2.45, 2.75) is 26.3 Å². The average Bonchev–Trinajstić information content (AvgIpc) is 2.32. The molecular weight excluding hydrogens is 276 g/mol. The smallest absolute Gasteiger partial charge is 0.263 e. The largest absolute Gasteiger partial charge is 0.398 e. The van der Waals surface area contributed by atoms with Gasteiger partial charge < -0.3 is 16.4 Å². The number of carbonyl (C=O) groups is 1. The second kappa shape index (κ2) is 6.31. The van der Waals surface area contributed by atoms with Crippen molar-refractivity contribution < 1.29 is 4.79 Å². The van der Waals surface area contributed by atoms with E-state index < -0.39 is 11.4 Å². The number of hydrogen-bond donors (Lipinski definition) is 3. The number of benzene rings is 1. The Morgan fingerprint density at radius 3 is 2.60 bits per heavy atom. The van der Waals surface area contributed by atoms with E-state index in [0.717, 1.165) is 0 Å². The van der Waals surface area contributed by atoms with E-state index in [1.54, 1.807) is 18.2 Å². The number of nitrogen functional groups attached to an aromatic ring is 1. The van der Waals surface area contributed by atoms with Crippen LogP contribution in [0.3, 0.4) is 0 Å². The Morgan fingerprint density at radius 1 is 1.45 bits per heavy atom. The van der Waals surface area contributed by atoms with Crippen LogP contribution < -0.4 is 16.4 Å². The van der Waals surface area contributed by atoms with E-state index in [9.17, 15) is 4.79 Å². The molecule has 0 fully saturated rings. The molecule has 0 radical (unpaired) electrons. The molecule has 0 aliphatic rings. The fraction of sp³-hybridized carbons (Fsp3) is 0.286. The van der Waals surface area contributed by atoms with Crippen LogP contribution >= 0.6 is 11.6 Å². The van der Waals surface area contributed by atoms with Crippen LogP contribution in [-0.2, 0) is 4.79 Å². The van der Waals surface area contributed by atoms with E-state index in [0.29, 0.717) is 16.4 Å². The molecule has 106 valence electrons. The molecule has 0 bridgehead atoms. The maximum absolute atomic E-state index is 11.8. The standard InChI is InChI=1S/C14H17ClN4O/c1-14(2,3)19-13(20)9(7-16)8-18-10-4-5-12(17)11(15)6-10/h4-6,8,18H,17H2,1-3H3,(H,19,20)/b9-8-. The van der Waals surface area contributed by atoms with Gasteiger partial charge in [-0.25, -0.2) is 0 Å². The maximum Gasteiger partial charge on any atom is 0.263 e. The van der Waals surface area contributed by atoms with E-state index in [4.69, 9.17) is 22.6 Å². The highest BCUT2D eigenvalue weighted by Gasteiger charge is 2.17.